The van der Waals surface area contributed by atoms with Crippen molar-refractivity contribution < 1.29 is 29.0 Å². The molecule has 3 amide bonds. The van der Waals surface area contributed by atoms with Crippen LogP contribution in [0.2, 0.25) is 0 Å². The van der Waals surface area contributed by atoms with Gasteiger partial charge in [0.1, 0.15) is 23.2 Å². The van der Waals surface area contributed by atoms with Crippen LogP contribution in [0.3, 0.4) is 0 Å². The minimum atomic E-state index is -1.37. The summed E-state index contributed by atoms with van der Waals surface area (Å²) in [6, 6.07) is -2.07. The van der Waals surface area contributed by atoms with E-state index in [0.717, 1.165) is 31.6 Å². The largest absolute Gasteiger partial charge is 0.479 e. The fourth-order valence-electron chi connectivity index (χ4n) is 8.23. The van der Waals surface area contributed by atoms with Gasteiger partial charge in [-0.3, -0.25) is 9.59 Å². The van der Waals surface area contributed by atoms with Gasteiger partial charge in [0, 0.05) is 23.0 Å². The Morgan fingerprint density at radius 3 is 2.50 bits per heavy atom. The van der Waals surface area contributed by atoms with E-state index >= 15 is 0 Å². The molecular weight excluding hydrogens is 634 g/mol. The lowest BCUT2D eigenvalue weighted by Gasteiger charge is -2.30. The number of hydrogen-bond acceptors (Lipinski definition) is 10. The van der Waals surface area contributed by atoms with Crippen molar-refractivity contribution in [2.24, 2.45) is 11.8 Å². The Kier molecular flexibility index (Phi) is 11.0. The average Bonchev–Trinajstić information content (AvgIpc) is 3.49. The van der Waals surface area contributed by atoms with E-state index in [2.05, 4.69) is 38.8 Å². The van der Waals surface area contributed by atoms with Crippen LogP contribution in [0, 0.1) is 11.8 Å². The first kappa shape index (κ1) is 35.4. The number of carbonyl (C=O) groups is 4. The zero-order chi connectivity index (χ0) is 34.1. The van der Waals surface area contributed by atoms with Crippen LogP contribution >= 0.6 is 11.8 Å². The molecule has 0 spiro atoms. The molecule has 2 aliphatic carbocycles. The van der Waals surface area contributed by atoms with Crippen LogP contribution in [0.4, 0.5) is 4.79 Å². The fraction of sp³-hybridized carbons (Fsp3) is 0.824. The number of hydrazine groups is 3. The molecule has 4 aliphatic heterocycles. The summed E-state index contributed by atoms with van der Waals surface area (Å²) in [5, 5.41) is 18.8. The zero-order valence-electron chi connectivity index (χ0n) is 28.7. The molecule has 8 atom stereocenters. The monoisotopic (exact) mass is 689 g/mol. The van der Waals surface area contributed by atoms with Crippen molar-refractivity contribution in [1.82, 2.24) is 37.0 Å². The normalized spacial score (nSPS) is 37.9. The van der Waals surface area contributed by atoms with E-state index in [1.165, 1.54) is 43.4 Å². The number of nitrogens with one attached hydrogen (secondary N) is 5. The van der Waals surface area contributed by atoms with E-state index in [1.54, 1.807) is 20.8 Å². The van der Waals surface area contributed by atoms with Crippen LogP contribution in [0.15, 0.2) is 12.2 Å². The molecule has 0 aromatic heterocycles. The topological polar surface area (TPSA) is 164 Å². The number of aliphatic carboxylic acids is 1. The molecular formula is C34H55N7O6S. The highest BCUT2D eigenvalue weighted by Gasteiger charge is 2.61. The molecule has 6 aliphatic rings. The van der Waals surface area contributed by atoms with Gasteiger partial charge in [-0.25, -0.2) is 20.4 Å². The second-order valence-corrected chi connectivity index (χ2v) is 17.1. The molecule has 48 heavy (non-hydrogen) atoms. The first-order chi connectivity index (χ1) is 22.9. The molecule has 268 valence electrons. The SMILES string of the molecule is CC(C)(C)OC(=O)N[C@H]1CCCCC/C=C\[C@@H]2C[C@@]2(C(=O)O)NC(=O)[C@@H]2C[C@@H](N3NNC(C4CCC(C5CCCCC5)S4)N3)CN2C1=O. The number of allylic oxidation sites excluding steroid dienone is 1. The van der Waals surface area contributed by atoms with E-state index in [9.17, 15) is 24.3 Å². The number of nitrogens with zero attached hydrogens (tertiary/aromatic N) is 2. The molecule has 6 N–H and O–H groups in total. The number of carboxylic acids is 1. The number of rotatable bonds is 5. The second-order valence-electron chi connectivity index (χ2n) is 15.7. The quantitative estimate of drug-likeness (QED) is 0.235. The molecule has 5 fully saturated rings. The molecule has 6 rings (SSSR count). The summed E-state index contributed by atoms with van der Waals surface area (Å²) in [6.07, 6.45) is 16.5. The highest BCUT2D eigenvalue weighted by atomic mass is 32.2. The Bertz CT molecular complexity index is 1240. The van der Waals surface area contributed by atoms with Gasteiger partial charge in [0.15, 0.2) is 0 Å². The van der Waals surface area contributed by atoms with Crippen molar-refractivity contribution in [3.63, 3.8) is 0 Å². The molecule has 0 radical (unpaired) electrons. The van der Waals surface area contributed by atoms with Crippen molar-refractivity contribution in [3.05, 3.63) is 12.2 Å². The Balaban J connectivity index is 1.18. The van der Waals surface area contributed by atoms with Crippen molar-refractivity contribution in [1.29, 1.82) is 0 Å². The van der Waals surface area contributed by atoms with Gasteiger partial charge in [0.2, 0.25) is 11.8 Å². The third-order valence-corrected chi connectivity index (χ3v) is 12.8. The summed E-state index contributed by atoms with van der Waals surface area (Å²) < 4.78 is 5.50. The van der Waals surface area contributed by atoms with Crippen molar-refractivity contribution in [2.75, 3.05) is 6.54 Å². The summed E-state index contributed by atoms with van der Waals surface area (Å²) in [4.78, 5) is 55.1. The van der Waals surface area contributed by atoms with Crippen LogP contribution in [0.5, 0.6) is 0 Å². The van der Waals surface area contributed by atoms with E-state index in [0.29, 0.717) is 36.2 Å². The van der Waals surface area contributed by atoms with Crippen molar-refractivity contribution in [3.8, 4) is 0 Å². The maximum absolute atomic E-state index is 14.3. The van der Waals surface area contributed by atoms with E-state index in [1.807, 2.05) is 17.3 Å². The first-order valence-corrected chi connectivity index (χ1v) is 19.1. The van der Waals surface area contributed by atoms with Gasteiger partial charge in [-0.1, -0.05) is 44.3 Å². The number of carboxylic acid groups (broad SMARTS) is 1. The fourth-order valence-corrected chi connectivity index (χ4v) is 10.0. The molecule has 0 aromatic rings. The number of fused-ring (bicyclic) bond motifs is 2. The van der Waals surface area contributed by atoms with Crippen molar-refractivity contribution in [2.45, 2.75) is 157 Å². The number of alkyl carbamates (subject to hydrolysis) is 1. The van der Waals surface area contributed by atoms with Gasteiger partial charge in [0.25, 0.3) is 0 Å². The molecule has 0 bridgehead atoms. The Morgan fingerprint density at radius 1 is 1.02 bits per heavy atom. The van der Waals surface area contributed by atoms with Crippen LogP contribution in [0.25, 0.3) is 0 Å². The van der Waals surface area contributed by atoms with Gasteiger partial charge < -0.3 is 25.4 Å². The highest BCUT2D eigenvalue weighted by molar-refractivity contribution is 8.00. The van der Waals surface area contributed by atoms with E-state index in [4.69, 9.17) is 4.74 Å². The molecule has 0 aromatic carbocycles. The van der Waals surface area contributed by atoms with Gasteiger partial charge in [-0.05, 0) is 84.5 Å². The molecule has 14 heteroatoms. The maximum Gasteiger partial charge on any atom is 0.408 e. The van der Waals surface area contributed by atoms with Gasteiger partial charge in [-0.2, -0.15) is 22.4 Å². The highest BCUT2D eigenvalue weighted by Crippen LogP contribution is 2.46. The van der Waals surface area contributed by atoms with E-state index in [-0.39, 0.29) is 30.6 Å². The number of amides is 3. The lowest BCUT2D eigenvalue weighted by molar-refractivity contribution is -0.145. The van der Waals surface area contributed by atoms with E-state index < -0.39 is 41.2 Å². The maximum atomic E-state index is 14.3. The molecule has 3 unspecified atom stereocenters. The minimum absolute atomic E-state index is 0.00188. The zero-order valence-corrected chi connectivity index (χ0v) is 29.5. The molecule has 2 saturated carbocycles. The predicted octanol–water partition coefficient (Wildman–Crippen LogP) is 3.33. The number of carbonyl (C=O) groups excluding carboxylic acids is 3. The Labute approximate surface area is 288 Å². The molecule has 13 nitrogen and oxygen atoms in total. The van der Waals surface area contributed by atoms with Gasteiger partial charge in [0.05, 0.1) is 12.2 Å². The number of thioether (sulfide) groups is 1. The van der Waals surface area contributed by atoms with Crippen molar-refractivity contribution >= 4 is 35.6 Å². The average molecular weight is 690 g/mol. The predicted molar refractivity (Wildman–Crippen MR) is 182 cm³/mol. The molecule has 3 saturated heterocycles. The van der Waals surface area contributed by atoms with Crippen LogP contribution in [-0.2, 0) is 19.1 Å². The number of ether oxygens (including phenoxy) is 1. The van der Waals surface area contributed by atoms with Crippen LogP contribution in [-0.4, -0.2) is 91.5 Å². The first-order valence-electron chi connectivity index (χ1n) is 18.2. The lowest BCUT2D eigenvalue weighted by atomic mass is 9.85. The second kappa shape index (κ2) is 14.8. The Morgan fingerprint density at radius 2 is 1.75 bits per heavy atom. The van der Waals surface area contributed by atoms with Gasteiger partial charge >= 0.3 is 12.1 Å². The summed E-state index contributed by atoms with van der Waals surface area (Å²) in [5.41, 5.74) is 8.14. The third kappa shape index (κ3) is 8.14. The third-order valence-electron chi connectivity index (χ3n) is 10.9. The smallest absolute Gasteiger partial charge is 0.408 e. The lowest BCUT2D eigenvalue weighted by Crippen LogP contribution is -2.56. The molecule has 4 heterocycles. The Hall–Kier alpha value is -2.39. The van der Waals surface area contributed by atoms with Crippen LogP contribution < -0.4 is 27.0 Å². The summed E-state index contributed by atoms with van der Waals surface area (Å²) in [6.45, 7) is 5.53. The summed E-state index contributed by atoms with van der Waals surface area (Å²) in [5.74, 6) is -1.40. The summed E-state index contributed by atoms with van der Waals surface area (Å²) in [7, 11) is 0. The summed E-state index contributed by atoms with van der Waals surface area (Å²) >= 11 is 2.08. The standard InChI is InChI=1S/C34H55N7O6S/c1-33(2,3)47-32(46)35-24-15-11-6-4-5-10-14-22-19-34(22,31(44)45)36-29(42)25-18-23(20-40(25)30(24)43)41-38-28(37-39-41)27-17-16-26(48-27)21-12-8-7-9-13-21/h10,14,21-28,37-39H,4-9,11-13,15-20H2,1-3H3,(H,35,46)(H,36,42)(H,44,45)/b14-10-/t22-,23-,24+,25+,26?,27?,28?,34-/m1/s1. The minimum Gasteiger partial charge on any atom is -0.479 e. The number of hydrogen-bond donors (Lipinski definition) is 6. The van der Waals surface area contributed by atoms with Gasteiger partial charge in [-0.15, -0.1) is 0 Å². The van der Waals surface area contributed by atoms with Crippen LogP contribution in [0.1, 0.15) is 111 Å².